The minimum atomic E-state index is -0.776. The van der Waals surface area contributed by atoms with Gasteiger partial charge in [-0.25, -0.2) is 4.39 Å². The smallest absolute Gasteiger partial charge is 0.307 e. The molecule has 6 heteroatoms. The van der Waals surface area contributed by atoms with Gasteiger partial charge in [-0.2, -0.15) is 0 Å². The fourth-order valence-electron chi connectivity index (χ4n) is 4.52. The van der Waals surface area contributed by atoms with E-state index >= 15 is 0 Å². The molecule has 1 heterocycles. The summed E-state index contributed by atoms with van der Waals surface area (Å²) in [5, 5.41) is 9.61. The molecule has 1 fully saturated rings. The molecule has 1 N–H and O–H groups in total. The molecule has 34 heavy (non-hydrogen) atoms. The third kappa shape index (κ3) is 5.75. The van der Waals surface area contributed by atoms with Crippen LogP contribution < -0.4 is 9.47 Å². The van der Waals surface area contributed by atoms with Crippen molar-refractivity contribution in [3.05, 3.63) is 95.3 Å². The maximum atomic E-state index is 13.7. The van der Waals surface area contributed by atoms with Crippen LogP contribution in [-0.2, 0) is 11.4 Å². The first kappa shape index (κ1) is 23.8. The molecular weight excluding hydrogens is 433 g/mol. The van der Waals surface area contributed by atoms with Gasteiger partial charge in [-0.15, -0.1) is 0 Å². The van der Waals surface area contributed by atoms with Crippen molar-refractivity contribution in [1.29, 1.82) is 0 Å². The summed E-state index contributed by atoms with van der Waals surface area (Å²) < 4.78 is 25.7. The van der Waals surface area contributed by atoms with E-state index in [4.69, 9.17) is 9.47 Å². The number of hydrogen-bond donors (Lipinski definition) is 1. The van der Waals surface area contributed by atoms with E-state index in [0.717, 1.165) is 29.7 Å². The molecule has 0 bridgehead atoms. The molecule has 2 atom stereocenters. The number of nitrogens with zero attached hydrogens (tertiary/aromatic N) is 1. The van der Waals surface area contributed by atoms with Gasteiger partial charge in [-0.3, -0.25) is 9.69 Å². The average molecular weight is 464 g/mol. The summed E-state index contributed by atoms with van der Waals surface area (Å²) in [6.07, 6.45) is 1.46. The number of piperidine rings is 1. The van der Waals surface area contributed by atoms with Crippen LogP contribution >= 0.6 is 0 Å². The van der Waals surface area contributed by atoms with Crippen LogP contribution in [-0.4, -0.2) is 35.7 Å². The first-order chi connectivity index (χ1) is 16.5. The molecule has 0 aliphatic carbocycles. The highest BCUT2D eigenvalue weighted by Crippen LogP contribution is 2.37. The average Bonchev–Trinajstić information content (AvgIpc) is 2.86. The Hall–Kier alpha value is -3.38. The van der Waals surface area contributed by atoms with E-state index in [-0.39, 0.29) is 11.9 Å². The largest absolute Gasteiger partial charge is 0.490 e. The van der Waals surface area contributed by atoms with Gasteiger partial charge < -0.3 is 14.6 Å². The lowest BCUT2D eigenvalue weighted by Gasteiger charge is -2.37. The Morgan fingerprint density at radius 3 is 2.47 bits per heavy atom. The van der Waals surface area contributed by atoms with E-state index < -0.39 is 11.9 Å². The van der Waals surface area contributed by atoms with Crippen LogP contribution in [0.15, 0.2) is 72.8 Å². The third-order valence-electron chi connectivity index (χ3n) is 6.17. The number of carboxylic acid groups (broad SMARTS) is 1. The van der Waals surface area contributed by atoms with Gasteiger partial charge in [0.1, 0.15) is 12.4 Å². The summed E-state index contributed by atoms with van der Waals surface area (Å²) in [6, 6.07) is 22.0. The molecule has 1 aliphatic rings. The molecule has 0 saturated carbocycles. The zero-order valence-corrected chi connectivity index (χ0v) is 19.3. The molecule has 0 spiro atoms. The van der Waals surface area contributed by atoms with Crippen molar-refractivity contribution in [3.8, 4) is 11.5 Å². The molecule has 0 aromatic heterocycles. The first-order valence-corrected chi connectivity index (χ1v) is 11.7. The maximum Gasteiger partial charge on any atom is 0.307 e. The quantitative estimate of drug-likeness (QED) is 0.442. The molecular formula is C28H30FNO4. The van der Waals surface area contributed by atoms with Gasteiger partial charge in [-0.05, 0) is 67.3 Å². The summed E-state index contributed by atoms with van der Waals surface area (Å²) in [5.74, 6) is -0.216. The van der Waals surface area contributed by atoms with Crippen LogP contribution in [0.5, 0.6) is 11.5 Å². The predicted octanol–water partition coefficient (Wildman–Crippen LogP) is 5.69. The highest BCUT2D eigenvalue weighted by Gasteiger charge is 2.31. The number of benzene rings is 3. The predicted molar refractivity (Wildman–Crippen MR) is 129 cm³/mol. The van der Waals surface area contributed by atoms with Crippen molar-refractivity contribution in [2.45, 2.75) is 32.4 Å². The van der Waals surface area contributed by atoms with E-state index in [1.807, 2.05) is 55.5 Å². The zero-order chi connectivity index (χ0) is 23.9. The standard InChI is InChI=1S/C28H30FNO4/c1-2-33-26-17-22(12-15-25(26)34-19-20-7-4-3-5-8-20)27(21-10-13-24(29)14-11-21)30-16-6-9-23(18-30)28(31)32/h3-5,7-8,10-15,17,23,27H,2,6,9,16,18-19H2,1H3,(H,31,32). The number of hydrogen-bond acceptors (Lipinski definition) is 4. The normalized spacial score (nSPS) is 17.2. The summed E-state index contributed by atoms with van der Waals surface area (Å²) in [6.45, 7) is 4.04. The SMILES string of the molecule is CCOc1cc(C(c2ccc(F)cc2)N2CCCC(C(=O)O)C2)ccc1OCc1ccccc1. The van der Waals surface area contributed by atoms with Gasteiger partial charge >= 0.3 is 5.97 Å². The van der Waals surface area contributed by atoms with Gasteiger partial charge in [0, 0.05) is 6.54 Å². The van der Waals surface area contributed by atoms with Crippen LogP contribution in [0, 0.1) is 11.7 Å². The van der Waals surface area contributed by atoms with Crippen LogP contribution in [0.1, 0.15) is 42.5 Å². The van der Waals surface area contributed by atoms with Crippen LogP contribution in [0.3, 0.4) is 0 Å². The monoisotopic (exact) mass is 463 g/mol. The molecule has 1 saturated heterocycles. The molecule has 0 amide bonds. The van der Waals surface area contributed by atoms with E-state index in [9.17, 15) is 14.3 Å². The Labute approximate surface area is 199 Å². The molecule has 2 unspecified atom stereocenters. The van der Waals surface area contributed by atoms with Crippen molar-refractivity contribution in [3.63, 3.8) is 0 Å². The van der Waals surface area contributed by atoms with Gasteiger partial charge in [0.2, 0.25) is 0 Å². The Morgan fingerprint density at radius 2 is 1.76 bits per heavy atom. The first-order valence-electron chi connectivity index (χ1n) is 11.7. The van der Waals surface area contributed by atoms with E-state index in [2.05, 4.69) is 4.90 Å². The van der Waals surface area contributed by atoms with Gasteiger partial charge in [0.15, 0.2) is 11.5 Å². The zero-order valence-electron chi connectivity index (χ0n) is 19.3. The van der Waals surface area contributed by atoms with E-state index in [1.54, 1.807) is 12.1 Å². The van der Waals surface area contributed by atoms with Gasteiger partial charge in [0.25, 0.3) is 0 Å². The molecule has 3 aromatic carbocycles. The number of likely N-dealkylation sites (tertiary alicyclic amines) is 1. The molecule has 178 valence electrons. The van der Waals surface area contributed by atoms with Crippen molar-refractivity contribution in [2.75, 3.05) is 19.7 Å². The second-order valence-electron chi connectivity index (χ2n) is 8.54. The number of carboxylic acids is 1. The molecule has 5 nitrogen and oxygen atoms in total. The minimum Gasteiger partial charge on any atom is -0.490 e. The summed E-state index contributed by atoms with van der Waals surface area (Å²) >= 11 is 0. The molecule has 3 aromatic rings. The number of aliphatic carboxylic acids is 1. The molecule has 1 aliphatic heterocycles. The third-order valence-corrected chi connectivity index (χ3v) is 6.17. The molecule has 0 radical (unpaired) electrons. The fourth-order valence-corrected chi connectivity index (χ4v) is 4.52. The Bertz CT molecular complexity index is 1090. The van der Waals surface area contributed by atoms with Crippen molar-refractivity contribution in [1.82, 2.24) is 4.90 Å². The number of carbonyl (C=O) groups is 1. The summed E-state index contributed by atoms with van der Waals surface area (Å²) in [7, 11) is 0. The fraction of sp³-hybridized carbons (Fsp3) is 0.321. The minimum absolute atomic E-state index is 0.217. The van der Waals surface area contributed by atoms with Crippen LogP contribution in [0.25, 0.3) is 0 Å². The topological polar surface area (TPSA) is 59.0 Å². The Balaban J connectivity index is 1.66. The summed E-state index contributed by atoms with van der Waals surface area (Å²) in [4.78, 5) is 13.9. The van der Waals surface area contributed by atoms with Crippen LogP contribution in [0.2, 0.25) is 0 Å². The number of rotatable bonds is 9. The lowest BCUT2D eigenvalue weighted by atomic mass is 9.91. The van der Waals surface area contributed by atoms with Crippen LogP contribution in [0.4, 0.5) is 4.39 Å². The maximum absolute atomic E-state index is 13.7. The lowest BCUT2D eigenvalue weighted by Crippen LogP contribution is -2.41. The lowest BCUT2D eigenvalue weighted by molar-refractivity contribution is -0.143. The van der Waals surface area contributed by atoms with E-state index in [1.165, 1.54) is 12.1 Å². The number of halogens is 1. The van der Waals surface area contributed by atoms with Crippen molar-refractivity contribution < 1.29 is 23.8 Å². The van der Waals surface area contributed by atoms with Gasteiger partial charge in [0.05, 0.1) is 18.6 Å². The second kappa shape index (κ2) is 11.2. The second-order valence-corrected chi connectivity index (χ2v) is 8.54. The summed E-state index contributed by atoms with van der Waals surface area (Å²) in [5.41, 5.74) is 2.92. The number of ether oxygens (including phenoxy) is 2. The highest BCUT2D eigenvalue weighted by atomic mass is 19.1. The highest BCUT2D eigenvalue weighted by molar-refractivity contribution is 5.70. The molecule has 4 rings (SSSR count). The Morgan fingerprint density at radius 1 is 1.03 bits per heavy atom. The van der Waals surface area contributed by atoms with Crippen molar-refractivity contribution in [2.24, 2.45) is 5.92 Å². The van der Waals surface area contributed by atoms with Gasteiger partial charge in [-0.1, -0.05) is 48.5 Å². The van der Waals surface area contributed by atoms with Crippen molar-refractivity contribution >= 4 is 5.97 Å². The Kier molecular flexibility index (Phi) is 7.80. The van der Waals surface area contributed by atoms with E-state index in [0.29, 0.717) is 37.7 Å².